The van der Waals surface area contributed by atoms with Crippen molar-refractivity contribution in [3.63, 3.8) is 0 Å². The number of carbonyl (C=O) groups is 1. The fraction of sp³-hybridized carbons (Fsp3) is 0.308. The van der Waals surface area contributed by atoms with Crippen LogP contribution in [0.4, 0.5) is 0 Å². The summed E-state index contributed by atoms with van der Waals surface area (Å²) >= 11 is 0. The molecule has 3 nitrogen and oxygen atoms in total. The summed E-state index contributed by atoms with van der Waals surface area (Å²) in [6, 6.07) is 4.54. The molecule has 0 saturated heterocycles. The molecule has 0 amide bonds. The van der Waals surface area contributed by atoms with Gasteiger partial charge in [-0.15, -0.1) is 0 Å². The molecule has 0 aliphatic carbocycles. The van der Waals surface area contributed by atoms with E-state index in [2.05, 4.69) is 0 Å². The average Bonchev–Trinajstić information content (AvgIpc) is 2.16. The number of benzene rings is 1. The summed E-state index contributed by atoms with van der Waals surface area (Å²) in [6.45, 7) is 5.24. The van der Waals surface area contributed by atoms with Crippen molar-refractivity contribution in [2.75, 3.05) is 0 Å². The number of rotatable bonds is 3. The molecule has 1 aromatic rings. The summed E-state index contributed by atoms with van der Waals surface area (Å²) in [5, 5.41) is 19.0. The van der Waals surface area contributed by atoms with Crippen LogP contribution in [0.2, 0.25) is 0 Å². The topological polar surface area (TPSA) is 57.5 Å². The molecule has 0 spiro atoms. The smallest absolute Gasteiger partial charge is 0.189 e. The molecule has 0 aliphatic rings. The number of phenolic OH excluding ortho intramolecular Hbond substituents is 1. The zero-order valence-electron chi connectivity index (χ0n) is 9.69. The van der Waals surface area contributed by atoms with E-state index < -0.39 is 6.10 Å². The molecule has 3 heteroatoms. The van der Waals surface area contributed by atoms with E-state index in [-0.39, 0.29) is 17.1 Å². The summed E-state index contributed by atoms with van der Waals surface area (Å²) in [7, 11) is 0. The summed E-state index contributed by atoms with van der Waals surface area (Å²) in [6.07, 6.45) is 0.805. The SMILES string of the molecule is CC(C)=CC(=O)c1cc(C(C)O)ccc1O. The first-order chi connectivity index (χ1) is 7.41. The van der Waals surface area contributed by atoms with E-state index in [0.29, 0.717) is 5.56 Å². The molecule has 0 fully saturated rings. The minimum atomic E-state index is -0.654. The predicted molar refractivity (Wildman–Crippen MR) is 62.5 cm³/mol. The highest BCUT2D eigenvalue weighted by Gasteiger charge is 2.11. The molecular weight excluding hydrogens is 204 g/mol. The normalized spacial score (nSPS) is 12.0. The van der Waals surface area contributed by atoms with Crippen LogP contribution in [0, 0.1) is 0 Å². The first kappa shape index (κ1) is 12.5. The molecule has 16 heavy (non-hydrogen) atoms. The Morgan fingerprint density at radius 1 is 1.38 bits per heavy atom. The average molecular weight is 220 g/mol. The van der Waals surface area contributed by atoms with E-state index in [1.54, 1.807) is 13.0 Å². The van der Waals surface area contributed by atoms with Gasteiger partial charge < -0.3 is 10.2 Å². The number of hydrogen-bond acceptors (Lipinski definition) is 3. The van der Waals surface area contributed by atoms with E-state index in [0.717, 1.165) is 5.57 Å². The third-order valence-electron chi connectivity index (χ3n) is 2.19. The molecule has 1 unspecified atom stereocenters. The molecule has 0 bridgehead atoms. The first-order valence-corrected chi connectivity index (χ1v) is 5.12. The van der Waals surface area contributed by atoms with Gasteiger partial charge in [0, 0.05) is 0 Å². The number of aliphatic hydroxyl groups is 1. The molecule has 86 valence electrons. The van der Waals surface area contributed by atoms with Crippen molar-refractivity contribution in [2.24, 2.45) is 0 Å². The largest absolute Gasteiger partial charge is 0.507 e. The lowest BCUT2D eigenvalue weighted by Crippen LogP contribution is -1.99. The van der Waals surface area contributed by atoms with Crippen LogP contribution in [0.15, 0.2) is 29.8 Å². The van der Waals surface area contributed by atoms with E-state index in [9.17, 15) is 15.0 Å². The number of phenols is 1. The number of hydrogen-bond donors (Lipinski definition) is 2. The maximum absolute atomic E-state index is 11.7. The van der Waals surface area contributed by atoms with Crippen LogP contribution in [0.25, 0.3) is 0 Å². The molecule has 0 heterocycles. The molecule has 1 atom stereocenters. The lowest BCUT2D eigenvalue weighted by atomic mass is 10.0. The standard InChI is InChI=1S/C13H16O3/c1-8(2)6-13(16)11-7-10(9(3)14)4-5-12(11)15/h4-7,9,14-15H,1-3H3. The van der Waals surface area contributed by atoms with Gasteiger partial charge in [0.2, 0.25) is 0 Å². The van der Waals surface area contributed by atoms with E-state index in [4.69, 9.17) is 0 Å². The van der Waals surface area contributed by atoms with E-state index in [1.807, 2.05) is 13.8 Å². The van der Waals surface area contributed by atoms with Gasteiger partial charge in [-0.05, 0) is 44.5 Å². The van der Waals surface area contributed by atoms with E-state index >= 15 is 0 Å². The third kappa shape index (κ3) is 2.94. The fourth-order valence-corrected chi connectivity index (χ4v) is 1.35. The van der Waals surface area contributed by atoms with Crippen molar-refractivity contribution >= 4 is 5.78 Å². The van der Waals surface area contributed by atoms with Crippen LogP contribution in [0.5, 0.6) is 5.75 Å². The first-order valence-electron chi connectivity index (χ1n) is 5.12. The van der Waals surface area contributed by atoms with Crippen molar-refractivity contribution in [3.05, 3.63) is 41.0 Å². The summed E-state index contributed by atoms with van der Waals surface area (Å²) in [4.78, 5) is 11.7. The molecule has 0 aliphatic heterocycles. The third-order valence-corrected chi connectivity index (χ3v) is 2.19. The summed E-state index contributed by atoms with van der Waals surface area (Å²) < 4.78 is 0. The second-order valence-electron chi connectivity index (χ2n) is 4.04. The van der Waals surface area contributed by atoms with Gasteiger partial charge in [-0.25, -0.2) is 0 Å². The molecule has 0 saturated carbocycles. The van der Waals surface area contributed by atoms with Gasteiger partial charge in [0.15, 0.2) is 5.78 Å². The molecule has 1 rings (SSSR count). The minimum absolute atomic E-state index is 0.0631. The highest BCUT2D eigenvalue weighted by molar-refractivity contribution is 6.06. The second kappa shape index (κ2) is 4.94. The summed E-state index contributed by atoms with van der Waals surface area (Å²) in [5.74, 6) is -0.313. The van der Waals surface area contributed by atoms with Crippen LogP contribution in [-0.4, -0.2) is 16.0 Å². The molecule has 2 N–H and O–H groups in total. The molecular formula is C13H16O3. The van der Waals surface area contributed by atoms with Crippen LogP contribution >= 0.6 is 0 Å². The van der Waals surface area contributed by atoms with Crippen molar-refractivity contribution in [1.29, 1.82) is 0 Å². The van der Waals surface area contributed by atoms with Crippen molar-refractivity contribution in [3.8, 4) is 5.75 Å². The maximum atomic E-state index is 11.7. The highest BCUT2D eigenvalue weighted by atomic mass is 16.3. The number of allylic oxidation sites excluding steroid dienone is 2. The van der Waals surface area contributed by atoms with Crippen LogP contribution in [0.1, 0.15) is 42.8 Å². The number of aromatic hydroxyl groups is 1. The van der Waals surface area contributed by atoms with Crippen LogP contribution < -0.4 is 0 Å². The quantitative estimate of drug-likeness (QED) is 0.608. The van der Waals surface area contributed by atoms with Gasteiger partial charge in [-0.3, -0.25) is 4.79 Å². The Morgan fingerprint density at radius 2 is 2.00 bits per heavy atom. The Hall–Kier alpha value is -1.61. The van der Waals surface area contributed by atoms with Gasteiger partial charge in [-0.1, -0.05) is 11.6 Å². The van der Waals surface area contributed by atoms with Gasteiger partial charge in [0.05, 0.1) is 11.7 Å². The Labute approximate surface area is 95.0 Å². The zero-order chi connectivity index (χ0) is 12.3. The lowest BCUT2D eigenvalue weighted by molar-refractivity contribution is 0.104. The number of ketones is 1. The van der Waals surface area contributed by atoms with Crippen LogP contribution in [-0.2, 0) is 0 Å². The predicted octanol–water partition coefficient (Wildman–Crippen LogP) is 2.59. The fourth-order valence-electron chi connectivity index (χ4n) is 1.35. The van der Waals surface area contributed by atoms with Gasteiger partial charge in [-0.2, -0.15) is 0 Å². The second-order valence-corrected chi connectivity index (χ2v) is 4.04. The Kier molecular flexibility index (Phi) is 3.85. The lowest BCUT2D eigenvalue weighted by Gasteiger charge is -2.07. The number of aliphatic hydroxyl groups excluding tert-OH is 1. The van der Waals surface area contributed by atoms with E-state index in [1.165, 1.54) is 18.2 Å². The Morgan fingerprint density at radius 3 is 2.50 bits per heavy atom. The Balaban J connectivity index is 3.17. The van der Waals surface area contributed by atoms with Crippen molar-refractivity contribution in [1.82, 2.24) is 0 Å². The van der Waals surface area contributed by atoms with Gasteiger partial charge in [0.1, 0.15) is 5.75 Å². The Bertz CT molecular complexity index is 427. The summed E-state index contributed by atoms with van der Waals surface area (Å²) in [5.41, 5.74) is 1.70. The minimum Gasteiger partial charge on any atom is -0.507 e. The zero-order valence-corrected chi connectivity index (χ0v) is 9.69. The van der Waals surface area contributed by atoms with Crippen molar-refractivity contribution in [2.45, 2.75) is 26.9 Å². The van der Waals surface area contributed by atoms with Crippen molar-refractivity contribution < 1.29 is 15.0 Å². The monoisotopic (exact) mass is 220 g/mol. The highest BCUT2D eigenvalue weighted by Crippen LogP contribution is 2.23. The van der Waals surface area contributed by atoms with Gasteiger partial charge in [0.25, 0.3) is 0 Å². The maximum Gasteiger partial charge on any atom is 0.189 e. The van der Waals surface area contributed by atoms with Gasteiger partial charge >= 0.3 is 0 Å². The molecule has 0 radical (unpaired) electrons. The van der Waals surface area contributed by atoms with Crippen LogP contribution in [0.3, 0.4) is 0 Å². The molecule has 0 aromatic heterocycles. The molecule has 1 aromatic carbocycles. The number of carbonyl (C=O) groups excluding carboxylic acids is 1.